The molecule has 0 saturated carbocycles. The van der Waals surface area contributed by atoms with Gasteiger partial charge in [-0.25, -0.2) is 0 Å². The van der Waals surface area contributed by atoms with Gasteiger partial charge in [0.1, 0.15) is 0 Å². The quantitative estimate of drug-likeness (QED) is 0.146. The number of ether oxygens (including phenoxy) is 1. The molecule has 0 fully saturated rings. The third-order valence-electron chi connectivity index (χ3n) is 15.0. The van der Waals surface area contributed by atoms with Gasteiger partial charge in [0.2, 0.25) is 0 Å². The molecule has 0 radical (unpaired) electrons. The van der Waals surface area contributed by atoms with E-state index in [0.29, 0.717) is 0 Å². The third-order valence-corrected chi connectivity index (χ3v) is 25.3. The Hall–Kier alpha value is -8.33. The van der Waals surface area contributed by atoms with Crippen molar-refractivity contribution in [3.8, 4) is 39.6 Å². The number of aromatic nitrogens is 2. The molecular weight excluding hydrogens is 939 g/mol. The fourth-order valence-corrected chi connectivity index (χ4v) is 23.7. The molecule has 2 aromatic heterocycles. The molecular formula is C65H53GeN5O. The van der Waals surface area contributed by atoms with Gasteiger partial charge in [-0.15, -0.1) is 0 Å². The van der Waals surface area contributed by atoms with Crippen molar-refractivity contribution in [3.05, 3.63) is 230 Å². The Bertz CT molecular complexity index is 3810. The number of benzene rings is 9. The van der Waals surface area contributed by atoms with Gasteiger partial charge in [-0.1, -0.05) is 78.9 Å². The minimum absolute atomic E-state index is 0.0498. The van der Waals surface area contributed by atoms with Crippen LogP contribution in [0, 0.1) is 0 Å². The predicted molar refractivity (Wildman–Crippen MR) is 304 cm³/mol. The first kappa shape index (κ1) is 43.7. The summed E-state index contributed by atoms with van der Waals surface area (Å²) >= 11 is -3.70. The second-order valence-corrected chi connectivity index (χ2v) is 27.8. The van der Waals surface area contributed by atoms with Crippen molar-refractivity contribution in [2.24, 2.45) is 0 Å². The SMILES string of the molecule is CN1c2cccc[c]2[Ge]2([c]3ccccc31)[c]1cccc3c1c1[c]2cc(Oc2cccc(Nc4ccccc4N(C)c4c(-c5ccccc5)cccc4-c4ccccc4)c2)cc1n3-c1cc(C(C)(C)C)ccn1. The van der Waals surface area contributed by atoms with Gasteiger partial charge in [0.25, 0.3) is 0 Å². The van der Waals surface area contributed by atoms with Crippen LogP contribution in [0.5, 0.6) is 11.5 Å². The van der Waals surface area contributed by atoms with Crippen molar-refractivity contribution in [2.45, 2.75) is 26.2 Å². The Balaban J connectivity index is 0.943. The predicted octanol–water partition coefficient (Wildman–Crippen LogP) is 13.9. The summed E-state index contributed by atoms with van der Waals surface area (Å²) in [6, 6.07) is 79.2. The van der Waals surface area contributed by atoms with Gasteiger partial charge < -0.3 is 0 Å². The second kappa shape index (κ2) is 16.9. The Labute approximate surface area is 423 Å². The summed E-state index contributed by atoms with van der Waals surface area (Å²) in [5, 5.41) is 6.48. The van der Waals surface area contributed by atoms with Crippen molar-refractivity contribution < 1.29 is 4.74 Å². The summed E-state index contributed by atoms with van der Waals surface area (Å²) < 4.78 is 15.3. The molecule has 348 valence electrons. The average Bonchev–Trinajstić information content (AvgIpc) is 3.91. The maximum absolute atomic E-state index is 7.20. The van der Waals surface area contributed by atoms with Gasteiger partial charge in [0.05, 0.1) is 0 Å². The van der Waals surface area contributed by atoms with E-state index in [1.807, 2.05) is 6.20 Å². The Morgan fingerprint density at radius 1 is 0.528 bits per heavy atom. The first-order chi connectivity index (χ1) is 35.2. The van der Waals surface area contributed by atoms with E-state index in [1.54, 1.807) is 0 Å². The Morgan fingerprint density at radius 2 is 1.12 bits per heavy atom. The van der Waals surface area contributed by atoms with Crippen LogP contribution in [-0.2, 0) is 5.41 Å². The standard InChI is InChI=1S/C65H53GeN5O/c1-65(2,3)45-37-38-67-61(39-45)71-59-36-20-31-53-62(59)63-54(66(53)51-29-12-15-33-56(51)69(4)57-34-16-13-30-52(57)66)41-48(42-60(63)71)72-47-26-18-25-46(40-47)68-55-32-14-17-35-58(55)70(5)64-49(43-21-8-6-9-22-43)27-19-28-50(64)44-23-10-7-11-24-44/h6-42,68H,1-5H3. The summed E-state index contributed by atoms with van der Waals surface area (Å²) in [5.41, 5.74) is 14.8. The molecule has 1 N–H and O–H groups in total. The molecule has 2 aliphatic rings. The van der Waals surface area contributed by atoms with E-state index in [2.05, 4.69) is 273 Å². The zero-order valence-electron chi connectivity index (χ0n) is 41.1. The molecule has 0 aliphatic carbocycles. The molecule has 4 heterocycles. The molecule has 0 bridgehead atoms. The fourth-order valence-electron chi connectivity index (χ4n) is 11.8. The zero-order chi connectivity index (χ0) is 48.7. The van der Waals surface area contributed by atoms with Crippen LogP contribution < -0.4 is 37.4 Å². The van der Waals surface area contributed by atoms with Gasteiger partial charge in [0.15, 0.2) is 0 Å². The Morgan fingerprint density at radius 3 is 1.82 bits per heavy atom. The molecule has 0 amide bonds. The zero-order valence-corrected chi connectivity index (χ0v) is 43.2. The van der Waals surface area contributed by atoms with Crippen LogP contribution in [0.4, 0.5) is 34.1 Å². The molecule has 2 aliphatic heterocycles. The van der Waals surface area contributed by atoms with Crippen molar-refractivity contribution in [3.63, 3.8) is 0 Å². The van der Waals surface area contributed by atoms with E-state index in [-0.39, 0.29) is 5.41 Å². The number of rotatable bonds is 9. The van der Waals surface area contributed by atoms with Crippen molar-refractivity contribution in [2.75, 3.05) is 29.2 Å². The van der Waals surface area contributed by atoms with E-state index in [0.717, 1.165) is 67.8 Å². The number of hydrogen-bond acceptors (Lipinski definition) is 5. The van der Waals surface area contributed by atoms with E-state index in [9.17, 15) is 0 Å². The normalized spacial score (nSPS) is 13.2. The number of fused-ring (bicyclic) bond motifs is 6. The van der Waals surface area contributed by atoms with Gasteiger partial charge in [-0.2, -0.15) is 0 Å². The van der Waals surface area contributed by atoms with Crippen LogP contribution in [0.2, 0.25) is 0 Å². The molecule has 0 atom stereocenters. The summed E-state index contributed by atoms with van der Waals surface area (Å²) in [7, 11) is 4.39. The fraction of sp³-hybridized carbons (Fsp3) is 0.0923. The van der Waals surface area contributed by atoms with Gasteiger partial charge in [-0.3, -0.25) is 0 Å². The maximum atomic E-state index is 7.20. The van der Waals surface area contributed by atoms with Crippen molar-refractivity contribution in [1.82, 2.24) is 9.55 Å². The summed E-state index contributed by atoms with van der Waals surface area (Å²) in [6.45, 7) is 6.80. The molecule has 9 aromatic carbocycles. The van der Waals surface area contributed by atoms with E-state index in [4.69, 9.17) is 9.72 Å². The van der Waals surface area contributed by atoms with Crippen LogP contribution in [0.1, 0.15) is 26.3 Å². The monoisotopic (exact) mass is 993 g/mol. The Kier molecular flexibility index (Phi) is 10.3. The topological polar surface area (TPSA) is 45.6 Å². The number of pyridine rings is 1. The van der Waals surface area contributed by atoms with E-state index >= 15 is 0 Å². The molecule has 7 heteroatoms. The van der Waals surface area contributed by atoms with Gasteiger partial charge in [0, 0.05) is 11.1 Å². The molecule has 0 unspecified atom stereocenters. The first-order valence-corrected chi connectivity index (χ1v) is 29.0. The van der Waals surface area contributed by atoms with Crippen LogP contribution >= 0.6 is 0 Å². The molecule has 1 spiro atoms. The van der Waals surface area contributed by atoms with Gasteiger partial charge in [-0.05, 0) is 11.1 Å². The number of hydrogen-bond donors (Lipinski definition) is 1. The van der Waals surface area contributed by atoms with Crippen LogP contribution in [0.15, 0.2) is 225 Å². The number of para-hydroxylation sites is 5. The number of nitrogens with one attached hydrogen (secondary N) is 1. The molecule has 0 saturated heterocycles. The van der Waals surface area contributed by atoms with Crippen molar-refractivity contribution >= 4 is 86.8 Å². The summed E-state index contributed by atoms with van der Waals surface area (Å²) in [4.78, 5) is 9.81. The average molecular weight is 993 g/mol. The third kappa shape index (κ3) is 6.80. The molecule has 72 heavy (non-hydrogen) atoms. The first-order valence-electron chi connectivity index (χ1n) is 24.8. The van der Waals surface area contributed by atoms with Crippen LogP contribution in [-0.4, -0.2) is 36.9 Å². The van der Waals surface area contributed by atoms with Gasteiger partial charge >= 0.3 is 325 Å². The minimum atomic E-state index is -3.70. The van der Waals surface area contributed by atoms with Crippen LogP contribution in [0.3, 0.4) is 0 Å². The number of nitrogens with zero attached hydrogens (tertiary/aromatic N) is 4. The molecule has 13 rings (SSSR count). The summed E-state index contributed by atoms with van der Waals surface area (Å²) in [6.07, 6.45) is 1.96. The van der Waals surface area contributed by atoms with Crippen LogP contribution in [0.25, 0.3) is 49.9 Å². The van der Waals surface area contributed by atoms with E-state index in [1.165, 1.54) is 50.8 Å². The van der Waals surface area contributed by atoms with E-state index < -0.39 is 13.3 Å². The van der Waals surface area contributed by atoms with Crippen molar-refractivity contribution in [1.29, 1.82) is 0 Å². The molecule has 11 aromatic rings. The second-order valence-electron chi connectivity index (χ2n) is 20.2. The number of anilines is 6. The molecule has 6 nitrogen and oxygen atoms in total. The summed E-state index contributed by atoms with van der Waals surface area (Å²) in [5.74, 6) is 2.46.